The summed E-state index contributed by atoms with van der Waals surface area (Å²) < 4.78 is 10.9. The van der Waals surface area contributed by atoms with Gasteiger partial charge in [0, 0.05) is 37.0 Å². The smallest absolute Gasteiger partial charge is 0.331 e. The Hall–Kier alpha value is -1.28. The van der Waals surface area contributed by atoms with Crippen molar-refractivity contribution in [2.24, 2.45) is 0 Å². The zero-order valence-electron chi connectivity index (χ0n) is 13.2. The van der Waals surface area contributed by atoms with Crippen molar-refractivity contribution in [3.63, 3.8) is 0 Å². The zero-order chi connectivity index (χ0) is 16.2. The summed E-state index contributed by atoms with van der Waals surface area (Å²) in [5.74, 6) is 0.834. The quantitative estimate of drug-likeness (QED) is 0.839. The number of benzene rings is 1. The molecule has 2 aliphatic heterocycles. The van der Waals surface area contributed by atoms with Crippen LogP contribution in [0.15, 0.2) is 18.2 Å². The summed E-state index contributed by atoms with van der Waals surface area (Å²) in [6.45, 7) is 4.20. The maximum atomic E-state index is 11.1. The molecule has 0 radical (unpaired) electrons. The van der Waals surface area contributed by atoms with Gasteiger partial charge in [-0.05, 0) is 17.7 Å². The van der Waals surface area contributed by atoms with E-state index in [0.717, 1.165) is 55.5 Å². The lowest BCUT2D eigenvalue weighted by atomic mass is 10.0. The van der Waals surface area contributed by atoms with Crippen LogP contribution < -0.4 is 10.1 Å². The van der Waals surface area contributed by atoms with Crippen molar-refractivity contribution in [1.29, 1.82) is 0 Å². The van der Waals surface area contributed by atoms with Crippen LogP contribution in [0.4, 0.5) is 0 Å². The number of carbonyl (C=O) groups is 1. The van der Waals surface area contributed by atoms with E-state index in [2.05, 4.69) is 16.3 Å². The Morgan fingerprint density at radius 1 is 1.48 bits per heavy atom. The number of nitrogens with one attached hydrogen (secondary N) is 1. The SMILES string of the molecule is COc1ccc([C@H]2CS[C@H](C(=O)O)N2)cc1CN1CCOCC1. The molecule has 3 rings (SSSR count). The average Bonchev–Trinajstić information content (AvgIpc) is 3.06. The Morgan fingerprint density at radius 2 is 2.26 bits per heavy atom. The van der Waals surface area contributed by atoms with E-state index in [1.807, 2.05) is 12.1 Å². The van der Waals surface area contributed by atoms with Gasteiger partial charge in [-0.15, -0.1) is 11.8 Å². The monoisotopic (exact) mass is 338 g/mol. The number of thioether (sulfide) groups is 1. The number of hydrogen-bond acceptors (Lipinski definition) is 6. The van der Waals surface area contributed by atoms with E-state index in [1.54, 1.807) is 7.11 Å². The van der Waals surface area contributed by atoms with E-state index in [9.17, 15) is 4.79 Å². The van der Waals surface area contributed by atoms with Crippen LogP contribution in [0.3, 0.4) is 0 Å². The number of nitrogens with zero attached hydrogens (tertiary/aromatic N) is 1. The highest BCUT2D eigenvalue weighted by atomic mass is 32.2. The molecule has 0 spiro atoms. The molecule has 0 aromatic heterocycles. The molecule has 0 saturated carbocycles. The number of methoxy groups -OCH3 is 1. The molecule has 6 nitrogen and oxygen atoms in total. The largest absolute Gasteiger partial charge is 0.496 e. The molecule has 23 heavy (non-hydrogen) atoms. The standard InChI is InChI=1S/C16H22N2O4S/c1-21-14-3-2-11(13-10-23-15(17-13)16(19)20)8-12(14)9-18-4-6-22-7-5-18/h2-3,8,13,15,17H,4-7,9-10H2,1H3,(H,19,20)/t13-,15-/m1/s1. The molecule has 126 valence electrons. The molecule has 2 N–H and O–H groups in total. The Kier molecular flexibility index (Phi) is 5.42. The molecule has 0 unspecified atom stereocenters. The fourth-order valence-electron chi connectivity index (χ4n) is 2.95. The molecule has 2 aliphatic rings. The first kappa shape index (κ1) is 16.6. The minimum absolute atomic E-state index is 0.0652. The van der Waals surface area contributed by atoms with Crippen molar-refractivity contribution in [2.45, 2.75) is 18.0 Å². The van der Waals surface area contributed by atoms with Gasteiger partial charge in [0.1, 0.15) is 5.75 Å². The lowest BCUT2D eigenvalue weighted by Crippen LogP contribution is -2.35. The van der Waals surface area contributed by atoms with E-state index in [1.165, 1.54) is 11.8 Å². The molecule has 2 fully saturated rings. The second-order valence-electron chi connectivity index (χ2n) is 5.73. The molecule has 2 heterocycles. The van der Waals surface area contributed by atoms with E-state index in [4.69, 9.17) is 14.6 Å². The normalized spacial score (nSPS) is 25.4. The van der Waals surface area contributed by atoms with Crippen LogP contribution in [0.2, 0.25) is 0 Å². The zero-order valence-corrected chi connectivity index (χ0v) is 14.0. The van der Waals surface area contributed by atoms with E-state index in [-0.39, 0.29) is 6.04 Å². The number of rotatable bonds is 5. The molecule has 7 heteroatoms. The van der Waals surface area contributed by atoms with Crippen LogP contribution in [-0.4, -0.2) is 60.5 Å². The summed E-state index contributed by atoms with van der Waals surface area (Å²) in [5, 5.41) is 11.7. The summed E-state index contributed by atoms with van der Waals surface area (Å²) in [5.41, 5.74) is 2.25. The molecule has 1 aromatic carbocycles. The van der Waals surface area contributed by atoms with Crippen molar-refractivity contribution in [2.75, 3.05) is 39.2 Å². The Bertz CT molecular complexity index is 563. The van der Waals surface area contributed by atoms with Gasteiger partial charge in [0.25, 0.3) is 0 Å². The molecule has 0 aliphatic carbocycles. The predicted molar refractivity (Wildman–Crippen MR) is 88.8 cm³/mol. The number of aliphatic carboxylic acids is 1. The summed E-state index contributed by atoms with van der Waals surface area (Å²) in [7, 11) is 1.68. The molecule has 2 saturated heterocycles. The molecular formula is C16H22N2O4S. The average molecular weight is 338 g/mol. The van der Waals surface area contributed by atoms with Crippen molar-refractivity contribution >= 4 is 17.7 Å². The van der Waals surface area contributed by atoms with Crippen molar-refractivity contribution in [3.8, 4) is 5.75 Å². The van der Waals surface area contributed by atoms with E-state index < -0.39 is 11.3 Å². The maximum absolute atomic E-state index is 11.1. The lowest BCUT2D eigenvalue weighted by Gasteiger charge is -2.27. The summed E-state index contributed by atoms with van der Waals surface area (Å²) in [4.78, 5) is 13.4. The van der Waals surface area contributed by atoms with Gasteiger partial charge in [0.2, 0.25) is 0 Å². The first-order chi connectivity index (χ1) is 11.2. The predicted octanol–water partition coefficient (Wildman–Crippen LogP) is 1.32. The second kappa shape index (κ2) is 7.53. The van der Waals surface area contributed by atoms with Crippen LogP contribution in [0, 0.1) is 0 Å². The summed E-state index contributed by atoms with van der Waals surface area (Å²) >= 11 is 1.44. The van der Waals surface area contributed by atoms with Gasteiger partial charge in [-0.3, -0.25) is 10.2 Å². The van der Waals surface area contributed by atoms with E-state index >= 15 is 0 Å². The highest BCUT2D eigenvalue weighted by molar-refractivity contribution is 8.00. The fourth-order valence-corrected chi connectivity index (χ4v) is 4.02. The van der Waals surface area contributed by atoms with Gasteiger partial charge in [0.15, 0.2) is 5.37 Å². The highest BCUT2D eigenvalue weighted by Gasteiger charge is 2.30. The third kappa shape index (κ3) is 3.98. The number of carboxylic acid groups (broad SMARTS) is 1. The van der Waals surface area contributed by atoms with Gasteiger partial charge < -0.3 is 14.6 Å². The minimum Gasteiger partial charge on any atom is -0.496 e. The first-order valence-corrected chi connectivity index (χ1v) is 8.79. The number of hydrogen-bond donors (Lipinski definition) is 2. The maximum Gasteiger partial charge on any atom is 0.331 e. The number of morpholine rings is 1. The van der Waals surface area contributed by atoms with Crippen molar-refractivity contribution in [3.05, 3.63) is 29.3 Å². The Morgan fingerprint density at radius 3 is 2.91 bits per heavy atom. The molecule has 0 bridgehead atoms. The van der Waals surface area contributed by atoms with Gasteiger partial charge in [-0.2, -0.15) is 0 Å². The fraction of sp³-hybridized carbons (Fsp3) is 0.562. The summed E-state index contributed by atoms with van der Waals surface area (Å²) in [6.07, 6.45) is 0. The lowest BCUT2D eigenvalue weighted by molar-refractivity contribution is -0.137. The topological polar surface area (TPSA) is 71.0 Å². The first-order valence-electron chi connectivity index (χ1n) is 7.75. The third-order valence-corrected chi connectivity index (χ3v) is 5.41. The third-order valence-electron chi connectivity index (χ3n) is 4.21. The van der Waals surface area contributed by atoms with Gasteiger partial charge in [0.05, 0.1) is 20.3 Å². The highest BCUT2D eigenvalue weighted by Crippen LogP contribution is 2.32. The summed E-state index contributed by atoms with van der Waals surface area (Å²) in [6, 6.07) is 6.20. The second-order valence-corrected chi connectivity index (χ2v) is 6.87. The number of ether oxygens (including phenoxy) is 2. The van der Waals surface area contributed by atoms with Crippen molar-refractivity contribution < 1.29 is 19.4 Å². The van der Waals surface area contributed by atoms with Gasteiger partial charge >= 0.3 is 5.97 Å². The molecule has 1 aromatic rings. The van der Waals surface area contributed by atoms with Crippen LogP contribution >= 0.6 is 11.8 Å². The van der Waals surface area contributed by atoms with Crippen LogP contribution in [0.1, 0.15) is 17.2 Å². The number of carboxylic acids is 1. The molecule has 2 atom stereocenters. The minimum atomic E-state index is -0.806. The van der Waals surface area contributed by atoms with Crippen LogP contribution in [0.5, 0.6) is 5.75 Å². The Labute approximate surface area is 140 Å². The van der Waals surface area contributed by atoms with Gasteiger partial charge in [-0.25, -0.2) is 4.79 Å². The van der Waals surface area contributed by atoms with Gasteiger partial charge in [-0.1, -0.05) is 6.07 Å². The van der Waals surface area contributed by atoms with E-state index in [0.29, 0.717) is 0 Å². The van der Waals surface area contributed by atoms with Crippen LogP contribution in [0.25, 0.3) is 0 Å². The Balaban J connectivity index is 1.74. The molecule has 0 amide bonds. The van der Waals surface area contributed by atoms with Crippen LogP contribution in [-0.2, 0) is 16.1 Å². The van der Waals surface area contributed by atoms with Crippen molar-refractivity contribution in [1.82, 2.24) is 10.2 Å². The molecular weight excluding hydrogens is 316 g/mol.